The van der Waals surface area contributed by atoms with Crippen LogP contribution in [0.5, 0.6) is 0 Å². The molecular weight excluding hydrogens is 164 g/mol. The van der Waals surface area contributed by atoms with Gasteiger partial charge in [0.1, 0.15) is 0 Å². The molecular formula is C10H16N2O. The quantitative estimate of drug-likeness (QED) is 0.766. The van der Waals surface area contributed by atoms with E-state index in [0.717, 1.165) is 12.8 Å². The molecule has 0 bridgehead atoms. The maximum atomic E-state index is 9.67. The van der Waals surface area contributed by atoms with Crippen molar-refractivity contribution in [1.29, 1.82) is 0 Å². The average Bonchev–Trinajstić information content (AvgIpc) is 2.62. The van der Waals surface area contributed by atoms with E-state index in [9.17, 15) is 5.11 Å². The highest BCUT2D eigenvalue weighted by Gasteiger charge is 2.40. The van der Waals surface area contributed by atoms with Crippen LogP contribution in [0.15, 0.2) is 12.4 Å². The molecule has 1 N–H and O–H groups in total. The highest BCUT2D eigenvalue weighted by Crippen LogP contribution is 2.36. The van der Waals surface area contributed by atoms with Crippen molar-refractivity contribution in [3.05, 3.63) is 18.0 Å². The van der Waals surface area contributed by atoms with Gasteiger partial charge in [-0.2, -0.15) is 5.10 Å². The van der Waals surface area contributed by atoms with Crippen LogP contribution in [0.3, 0.4) is 0 Å². The molecule has 1 aliphatic rings. The minimum absolute atomic E-state index is 0.444. The third-order valence-corrected chi connectivity index (χ3v) is 2.60. The van der Waals surface area contributed by atoms with Gasteiger partial charge in [-0.15, -0.1) is 0 Å². The maximum absolute atomic E-state index is 9.67. The van der Waals surface area contributed by atoms with Crippen LogP contribution in [-0.4, -0.2) is 20.5 Å². The van der Waals surface area contributed by atoms with Gasteiger partial charge in [-0.3, -0.25) is 4.68 Å². The van der Waals surface area contributed by atoms with E-state index in [1.807, 2.05) is 17.1 Å². The van der Waals surface area contributed by atoms with Crippen molar-refractivity contribution in [3.63, 3.8) is 0 Å². The van der Waals surface area contributed by atoms with Gasteiger partial charge in [-0.25, -0.2) is 0 Å². The predicted molar refractivity (Wildman–Crippen MR) is 50.5 cm³/mol. The third kappa shape index (κ3) is 1.91. The van der Waals surface area contributed by atoms with Gasteiger partial charge in [0.15, 0.2) is 0 Å². The first kappa shape index (κ1) is 8.75. The lowest BCUT2D eigenvalue weighted by molar-refractivity contribution is 0.125. The molecule has 0 unspecified atom stereocenters. The summed E-state index contributed by atoms with van der Waals surface area (Å²) in [4.78, 5) is 0. The second-order valence-electron chi connectivity index (χ2n) is 4.35. The Morgan fingerprint density at radius 1 is 1.62 bits per heavy atom. The summed E-state index contributed by atoms with van der Waals surface area (Å²) in [5.74, 6) is 0.516. The molecule has 0 radical (unpaired) electrons. The van der Waals surface area contributed by atoms with Gasteiger partial charge in [0.25, 0.3) is 0 Å². The van der Waals surface area contributed by atoms with Crippen molar-refractivity contribution in [2.75, 3.05) is 0 Å². The smallest absolute Gasteiger partial charge is 0.0844 e. The van der Waals surface area contributed by atoms with Crippen molar-refractivity contribution in [2.24, 2.45) is 0 Å². The van der Waals surface area contributed by atoms with Crippen molar-refractivity contribution in [3.8, 4) is 0 Å². The number of hydrogen-bond acceptors (Lipinski definition) is 2. The summed E-state index contributed by atoms with van der Waals surface area (Å²) >= 11 is 0. The fourth-order valence-corrected chi connectivity index (χ4v) is 1.37. The first-order chi connectivity index (χ1) is 6.09. The monoisotopic (exact) mass is 180 g/mol. The Labute approximate surface area is 78.4 Å². The van der Waals surface area contributed by atoms with E-state index < -0.39 is 5.60 Å². The topological polar surface area (TPSA) is 38.0 Å². The van der Waals surface area contributed by atoms with Crippen LogP contribution in [0.2, 0.25) is 0 Å². The zero-order chi connectivity index (χ0) is 9.47. The second-order valence-corrected chi connectivity index (χ2v) is 4.35. The summed E-state index contributed by atoms with van der Waals surface area (Å²) in [6, 6.07) is 0. The normalized spacial score (nSPS) is 19.4. The number of aromatic nitrogens is 2. The summed E-state index contributed by atoms with van der Waals surface area (Å²) in [5, 5.41) is 13.9. The van der Waals surface area contributed by atoms with E-state index in [-0.39, 0.29) is 0 Å². The molecule has 1 aliphatic carbocycles. The minimum Gasteiger partial charge on any atom is -0.388 e. The van der Waals surface area contributed by atoms with Gasteiger partial charge in [-0.1, -0.05) is 13.8 Å². The van der Waals surface area contributed by atoms with E-state index in [0.29, 0.717) is 12.5 Å². The van der Waals surface area contributed by atoms with E-state index in [2.05, 4.69) is 18.9 Å². The lowest BCUT2D eigenvalue weighted by atomic mass is 10.1. The zero-order valence-electron chi connectivity index (χ0n) is 8.20. The summed E-state index contributed by atoms with van der Waals surface area (Å²) in [7, 11) is 0. The Hall–Kier alpha value is -0.830. The minimum atomic E-state index is -0.444. The zero-order valence-corrected chi connectivity index (χ0v) is 8.20. The van der Waals surface area contributed by atoms with Crippen LogP contribution >= 0.6 is 0 Å². The maximum Gasteiger partial charge on any atom is 0.0844 e. The van der Waals surface area contributed by atoms with E-state index in [4.69, 9.17) is 0 Å². The molecule has 0 atom stereocenters. The first-order valence-electron chi connectivity index (χ1n) is 4.84. The molecule has 2 rings (SSSR count). The highest BCUT2D eigenvalue weighted by molar-refractivity contribution is 5.09. The molecule has 0 saturated heterocycles. The first-order valence-corrected chi connectivity index (χ1v) is 4.84. The fourth-order valence-electron chi connectivity index (χ4n) is 1.37. The molecule has 1 heterocycles. The number of hydrogen-bond donors (Lipinski definition) is 1. The van der Waals surface area contributed by atoms with Gasteiger partial charge in [-0.05, 0) is 24.3 Å². The molecule has 72 valence electrons. The standard InChI is InChI=1S/C10H16N2O/c1-8(2)9-5-11-12(6-9)7-10(13)3-4-10/h5-6,8,13H,3-4,7H2,1-2H3. The summed E-state index contributed by atoms with van der Waals surface area (Å²) < 4.78 is 1.85. The van der Waals surface area contributed by atoms with Crippen molar-refractivity contribution in [1.82, 2.24) is 9.78 Å². The average molecular weight is 180 g/mol. The van der Waals surface area contributed by atoms with E-state index in [1.165, 1.54) is 5.56 Å². The van der Waals surface area contributed by atoms with E-state index in [1.54, 1.807) is 0 Å². The number of nitrogens with zero attached hydrogens (tertiary/aromatic N) is 2. The molecule has 1 saturated carbocycles. The largest absolute Gasteiger partial charge is 0.388 e. The predicted octanol–water partition coefficient (Wildman–Crippen LogP) is 1.53. The molecule has 3 heteroatoms. The van der Waals surface area contributed by atoms with Crippen molar-refractivity contribution < 1.29 is 5.11 Å². The van der Waals surface area contributed by atoms with Gasteiger partial charge in [0, 0.05) is 6.20 Å². The Morgan fingerprint density at radius 2 is 2.31 bits per heavy atom. The molecule has 3 nitrogen and oxygen atoms in total. The molecule has 0 amide bonds. The van der Waals surface area contributed by atoms with Crippen LogP contribution in [0, 0.1) is 0 Å². The third-order valence-electron chi connectivity index (χ3n) is 2.60. The molecule has 13 heavy (non-hydrogen) atoms. The van der Waals surface area contributed by atoms with Crippen LogP contribution in [0.1, 0.15) is 38.2 Å². The van der Waals surface area contributed by atoms with Crippen LogP contribution in [-0.2, 0) is 6.54 Å². The molecule has 1 aromatic heterocycles. The lowest BCUT2D eigenvalue weighted by Gasteiger charge is -2.06. The van der Waals surface area contributed by atoms with Crippen molar-refractivity contribution in [2.45, 2.75) is 44.8 Å². The molecule has 1 fully saturated rings. The van der Waals surface area contributed by atoms with Crippen molar-refractivity contribution >= 4 is 0 Å². The highest BCUT2D eigenvalue weighted by atomic mass is 16.3. The lowest BCUT2D eigenvalue weighted by Crippen LogP contribution is -2.17. The summed E-state index contributed by atoms with van der Waals surface area (Å²) in [5.41, 5.74) is 0.796. The molecule has 1 aromatic rings. The van der Waals surface area contributed by atoms with Gasteiger partial charge in [0.2, 0.25) is 0 Å². The molecule has 0 spiro atoms. The SMILES string of the molecule is CC(C)c1cnn(CC2(O)CC2)c1. The Morgan fingerprint density at radius 3 is 2.77 bits per heavy atom. The van der Waals surface area contributed by atoms with Crippen LogP contribution in [0.4, 0.5) is 0 Å². The van der Waals surface area contributed by atoms with E-state index >= 15 is 0 Å². The summed E-state index contributed by atoms with van der Waals surface area (Å²) in [6.07, 6.45) is 5.76. The van der Waals surface area contributed by atoms with Crippen LogP contribution in [0.25, 0.3) is 0 Å². The molecule has 0 aromatic carbocycles. The fraction of sp³-hybridized carbons (Fsp3) is 0.700. The van der Waals surface area contributed by atoms with Gasteiger partial charge >= 0.3 is 0 Å². The van der Waals surface area contributed by atoms with Gasteiger partial charge in [0.05, 0.1) is 18.3 Å². The number of rotatable bonds is 3. The second kappa shape index (κ2) is 2.84. The Balaban J connectivity index is 2.05. The van der Waals surface area contributed by atoms with Gasteiger partial charge < -0.3 is 5.11 Å². The Bertz CT molecular complexity index is 300. The van der Waals surface area contributed by atoms with Crippen LogP contribution < -0.4 is 0 Å². The molecule has 0 aliphatic heterocycles. The summed E-state index contributed by atoms with van der Waals surface area (Å²) in [6.45, 7) is 4.94. The Kier molecular flexibility index (Phi) is 1.91. The number of aliphatic hydroxyl groups is 1.